The molecule has 0 radical (unpaired) electrons. The highest BCUT2D eigenvalue weighted by Gasteiger charge is 2.12. The van der Waals surface area contributed by atoms with Crippen molar-refractivity contribution in [2.75, 3.05) is 7.11 Å². The minimum atomic E-state index is -0.324. The lowest BCUT2D eigenvalue weighted by molar-refractivity contribution is 0.0955. The van der Waals surface area contributed by atoms with E-state index in [1.807, 2.05) is 50.2 Å². The first kappa shape index (κ1) is 18.3. The first-order valence-electron chi connectivity index (χ1n) is 8.47. The van der Waals surface area contributed by atoms with E-state index in [0.717, 1.165) is 11.4 Å². The molecule has 1 amide bonds. The van der Waals surface area contributed by atoms with E-state index in [2.05, 4.69) is 20.5 Å². The second kappa shape index (κ2) is 8.23. The fraction of sp³-hybridized carbons (Fsp3) is 0.143. The summed E-state index contributed by atoms with van der Waals surface area (Å²) in [5, 5.41) is 4.33. The summed E-state index contributed by atoms with van der Waals surface area (Å²) < 4.78 is 5.11. The van der Waals surface area contributed by atoms with Crippen LogP contribution < -0.4 is 10.2 Å². The van der Waals surface area contributed by atoms with Crippen LogP contribution in [0.2, 0.25) is 0 Å². The number of hydrazone groups is 1. The summed E-state index contributed by atoms with van der Waals surface area (Å²) in [5.41, 5.74) is 6.58. The monoisotopic (exact) mass is 360 g/mol. The number of hydrogen-bond donors (Lipinski definition) is 1. The standard InChI is InChI=1S/C21H20N4O2/c1-14-6-4-8-18(22-14)20(19-9-5-7-15(2)23-19)24-25-21(26)16-10-12-17(27-3)13-11-16/h4-13H,1-3H3,(H,25,26). The Bertz CT molecular complexity index is 934. The number of methoxy groups -OCH3 is 1. The van der Waals surface area contributed by atoms with Crippen molar-refractivity contribution in [1.82, 2.24) is 15.4 Å². The number of rotatable bonds is 5. The Morgan fingerprint density at radius 3 is 1.93 bits per heavy atom. The molecule has 1 aromatic carbocycles. The van der Waals surface area contributed by atoms with Gasteiger partial charge in [-0.1, -0.05) is 12.1 Å². The van der Waals surface area contributed by atoms with Crippen molar-refractivity contribution in [2.24, 2.45) is 5.10 Å². The van der Waals surface area contributed by atoms with Gasteiger partial charge in [0.2, 0.25) is 0 Å². The van der Waals surface area contributed by atoms with Crippen LogP contribution in [0.4, 0.5) is 0 Å². The summed E-state index contributed by atoms with van der Waals surface area (Å²) >= 11 is 0. The first-order chi connectivity index (χ1) is 13.1. The summed E-state index contributed by atoms with van der Waals surface area (Å²) in [6, 6.07) is 18.1. The number of carbonyl (C=O) groups is 1. The molecule has 2 heterocycles. The molecular weight excluding hydrogens is 340 g/mol. The third-order valence-electron chi connectivity index (χ3n) is 3.88. The quantitative estimate of drug-likeness (QED) is 0.559. The maximum Gasteiger partial charge on any atom is 0.271 e. The van der Waals surface area contributed by atoms with Gasteiger partial charge in [0, 0.05) is 17.0 Å². The molecule has 27 heavy (non-hydrogen) atoms. The van der Waals surface area contributed by atoms with Crippen LogP contribution >= 0.6 is 0 Å². The van der Waals surface area contributed by atoms with Crippen molar-refractivity contribution in [1.29, 1.82) is 0 Å². The average molecular weight is 360 g/mol. The number of pyridine rings is 2. The Morgan fingerprint density at radius 2 is 1.44 bits per heavy atom. The van der Waals surface area contributed by atoms with Gasteiger partial charge in [-0.2, -0.15) is 5.10 Å². The first-order valence-corrected chi connectivity index (χ1v) is 8.47. The normalized spacial score (nSPS) is 10.2. The number of ether oxygens (including phenoxy) is 1. The lowest BCUT2D eigenvalue weighted by Gasteiger charge is -2.08. The van der Waals surface area contributed by atoms with E-state index in [1.54, 1.807) is 31.4 Å². The van der Waals surface area contributed by atoms with E-state index in [4.69, 9.17) is 4.74 Å². The molecule has 0 bridgehead atoms. The lowest BCUT2D eigenvalue weighted by Crippen LogP contribution is -2.21. The van der Waals surface area contributed by atoms with Crippen LogP contribution in [0.3, 0.4) is 0 Å². The molecule has 6 heteroatoms. The summed E-state index contributed by atoms with van der Waals surface area (Å²) in [4.78, 5) is 21.5. The van der Waals surface area contributed by atoms with Crippen LogP contribution in [-0.2, 0) is 0 Å². The van der Waals surface area contributed by atoms with Gasteiger partial charge in [0.1, 0.15) is 11.5 Å². The van der Waals surface area contributed by atoms with E-state index in [-0.39, 0.29) is 5.91 Å². The Labute approximate surface area is 157 Å². The average Bonchev–Trinajstić information content (AvgIpc) is 2.68. The molecule has 1 N–H and O–H groups in total. The van der Waals surface area contributed by atoms with Gasteiger partial charge in [0.15, 0.2) is 0 Å². The molecule has 136 valence electrons. The van der Waals surface area contributed by atoms with Crippen molar-refractivity contribution < 1.29 is 9.53 Å². The van der Waals surface area contributed by atoms with Crippen molar-refractivity contribution in [3.63, 3.8) is 0 Å². The van der Waals surface area contributed by atoms with Crippen LogP contribution in [-0.4, -0.2) is 28.7 Å². The van der Waals surface area contributed by atoms with Crippen molar-refractivity contribution >= 4 is 11.6 Å². The zero-order valence-electron chi connectivity index (χ0n) is 15.4. The zero-order chi connectivity index (χ0) is 19.2. The fourth-order valence-electron chi connectivity index (χ4n) is 2.51. The van der Waals surface area contributed by atoms with Gasteiger partial charge in [-0.15, -0.1) is 0 Å². The highest BCUT2D eigenvalue weighted by Crippen LogP contribution is 2.12. The third-order valence-corrected chi connectivity index (χ3v) is 3.88. The molecule has 0 fully saturated rings. The molecule has 0 saturated heterocycles. The maximum absolute atomic E-state index is 12.4. The molecule has 3 aromatic rings. The molecular formula is C21H20N4O2. The number of benzene rings is 1. The van der Waals surface area contributed by atoms with Gasteiger partial charge in [-0.05, 0) is 62.4 Å². The lowest BCUT2D eigenvalue weighted by atomic mass is 10.1. The van der Waals surface area contributed by atoms with Crippen molar-refractivity contribution in [3.05, 3.63) is 89.0 Å². The van der Waals surface area contributed by atoms with Crippen LogP contribution in [0.25, 0.3) is 0 Å². The molecule has 2 aromatic heterocycles. The van der Waals surface area contributed by atoms with Crippen molar-refractivity contribution in [3.8, 4) is 5.75 Å². The molecule has 0 saturated carbocycles. The van der Waals surface area contributed by atoms with Gasteiger partial charge in [0.05, 0.1) is 18.5 Å². The highest BCUT2D eigenvalue weighted by atomic mass is 16.5. The number of aromatic nitrogens is 2. The number of hydrogen-bond acceptors (Lipinski definition) is 5. The van der Waals surface area contributed by atoms with Crippen LogP contribution in [0.5, 0.6) is 5.75 Å². The SMILES string of the molecule is COc1ccc(C(=O)NN=C(c2cccc(C)n2)c2cccc(C)n2)cc1. The third kappa shape index (κ3) is 4.55. The number of nitrogens with zero attached hydrogens (tertiary/aromatic N) is 3. The molecule has 3 rings (SSSR count). The topological polar surface area (TPSA) is 76.5 Å². The minimum absolute atomic E-state index is 0.324. The summed E-state index contributed by atoms with van der Waals surface area (Å²) in [7, 11) is 1.58. The predicted octanol–water partition coefficient (Wildman–Crippen LogP) is 3.28. The van der Waals surface area contributed by atoms with E-state index >= 15 is 0 Å². The van der Waals surface area contributed by atoms with E-state index < -0.39 is 0 Å². The van der Waals surface area contributed by atoms with Crippen LogP contribution in [0.1, 0.15) is 33.1 Å². The second-order valence-electron chi connectivity index (χ2n) is 5.96. The molecule has 0 aliphatic rings. The number of carbonyl (C=O) groups excluding carboxylic acids is 1. The van der Waals surface area contributed by atoms with E-state index in [1.165, 1.54) is 0 Å². The molecule has 0 spiro atoms. The zero-order valence-corrected chi connectivity index (χ0v) is 15.4. The highest BCUT2D eigenvalue weighted by molar-refractivity contribution is 6.11. The Hall–Kier alpha value is -3.54. The number of nitrogens with one attached hydrogen (secondary N) is 1. The predicted molar refractivity (Wildman–Crippen MR) is 104 cm³/mol. The Kier molecular flexibility index (Phi) is 5.56. The second-order valence-corrected chi connectivity index (χ2v) is 5.96. The van der Waals surface area contributed by atoms with Crippen LogP contribution in [0, 0.1) is 13.8 Å². The van der Waals surface area contributed by atoms with E-state index in [0.29, 0.717) is 28.4 Å². The van der Waals surface area contributed by atoms with Gasteiger partial charge in [-0.25, -0.2) is 5.43 Å². The van der Waals surface area contributed by atoms with Gasteiger partial charge in [0.25, 0.3) is 5.91 Å². The molecule has 0 atom stereocenters. The fourth-order valence-corrected chi connectivity index (χ4v) is 2.51. The minimum Gasteiger partial charge on any atom is -0.497 e. The smallest absolute Gasteiger partial charge is 0.271 e. The van der Waals surface area contributed by atoms with E-state index in [9.17, 15) is 4.79 Å². The number of amides is 1. The van der Waals surface area contributed by atoms with Gasteiger partial charge < -0.3 is 4.74 Å². The Balaban J connectivity index is 1.93. The van der Waals surface area contributed by atoms with Crippen molar-refractivity contribution in [2.45, 2.75) is 13.8 Å². The Morgan fingerprint density at radius 1 is 0.889 bits per heavy atom. The molecule has 0 aliphatic carbocycles. The molecule has 0 unspecified atom stereocenters. The summed E-state index contributed by atoms with van der Waals surface area (Å²) in [6.45, 7) is 3.81. The van der Waals surface area contributed by atoms with Gasteiger partial charge in [-0.3, -0.25) is 14.8 Å². The van der Waals surface area contributed by atoms with Crippen LogP contribution in [0.15, 0.2) is 65.8 Å². The summed E-state index contributed by atoms with van der Waals surface area (Å²) in [5.74, 6) is 0.360. The summed E-state index contributed by atoms with van der Waals surface area (Å²) in [6.07, 6.45) is 0. The van der Waals surface area contributed by atoms with Gasteiger partial charge >= 0.3 is 0 Å². The number of aryl methyl sites for hydroxylation is 2. The largest absolute Gasteiger partial charge is 0.497 e. The molecule has 0 aliphatic heterocycles. The molecule has 6 nitrogen and oxygen atoms in total. The maximum atomic E-state index is 12.4.